The summed E-state index contributed by atoms with van der Waals surface area (Å²) in [7, 11) is 0. The molecule has 0 saturated heterocycles. The third kappa shape index (κ3) is 5.63. The molecule has 0 aliphatic rings. The van der Waals surface area contributed by atoms with Gasteiger partial charge in [0.15, 0.2) is 0 Å². The highest BCUT2D eigenvalue weighted by Gasteiger charge is 2.25. The van der Waals surface area contributed by atoms with Crippen LogP contribution < -0.4 is 9.05 Å². The summed E-state index contributed by atoms with van der Waals surface area (Å²) in [5, 5.41) is 21.4. The number of hydrogen-bond donors (Lipinski definition) is 0. The largest absolute Gasteiger partial charge is 0.434 e. The molecule has 2 aromatic carbocycles. The molecule has 0 radical (unpaired) electrons. The highest BCUT2D eigenvalue weighted by atomic mass is 35.5. The third-order valence-corrected chi connectivity index (χ3v) is 5.14. The standard InChI is InChI=1S/C14H12ClN2O7PS/c15-9-10-22-25(26,23-13-5-1-11(2-6-13)16(18)19)24-14-7-3-12(4-8-14)17(20)21/h1-8H,9-10H2. The van der Waals surface area contributed by atoms with Gasteiger partial charge in [-0.1, -0.05) is 0 Å². The van der Waals surface area contributed by atoms with E-state index in [0.29, 0.717) is 0 Å². The Bertz CT molecular complexity index is 769. The summed E-state index contributed by atoms with van der Waals surface area (Å²) in [6.07, 6.45) is 0. The van der Waals surface area contributed by atoms with Crippen LogP contribution in [0.1, 0.15) is 0 Å². The predicted octanol–water partition coefficient (Wildman–Crippen LogP) is 4.44. The van der Waals surface area contributed by atoms with Gasteiger partial charge < -0.3 is 9.05 Å². The van der Waals surface area contributed by atoms with Crippen LogP contribution in [-0.4, -0.2) is 22.3 Å². The molecule has 0 aliphatic carbocycles. The number of nitrogens with zero attached hydrogens (tertiary/aromatic N) is 2. The van der Waals surface area contributed by atoms with Crippen molar-refractivity contribution < 1.29 is 23.4 Å². The highest BCUT2D eigenvalue weighted by molar-refractivity contribution is 8.07. The average molecular weight is 419 g/mol. The summed E-state index contributed by atoms with van der Waals surface area (Å²) in [5.41, 5.74) is -0.216. The number of benzene rings is 2. The number of halogens is 1. The van der Waals surface area contributed by atoms with E-state index in [4.69, 9.17) is 37.0 Å². The number of nitro groups is 2. The van der Waals surface area contributed by atoms with Crippen molar-refractivity contribution in [1.29, 1.82) is 0 Å². The summed E-state index contributed by atoms with van der Waals surface area (Å²) in [6, 6.07) is 10.5. The first-order valence-corrected chi connectivity index (χ1v) is 10.1. The molecular weight excluding hydrogens is 407 g/mol. The normalized spacial score (nSPS) is 11.0. The SMILES string of the molecule is O=[N+]([O-])c1ccc(OP(=S)(OCCCl)Oc2ccc([N+](=O)[O-])cc2)cc1. The molecular formula is C14H12ClN2O7PS. The van der Waals surface area contributed by atoms with Crippen molar-refractivity contribution in [2.24, 2.45) is 0 Å². The second-order valence-corrected chi connectivity index (χ2v) is 7.89. The van der Waals surface area contributed by atoms with Gasteiger partial charge in [0.25, 0.3) is 11.4 Å². The van der Waals surface area contributed by atoms with Gasteiger partial charge in [-0.2, -0.15) is 0 Å². The van der Waals surface area contributed by atoms with Crippen molar-refractivity contribution in [3.05, 3.63) is 68.8 Å². The minimum absolute atomic E-state index is 0.0544. The van der Waals surface area contributed by atoms with Gasteiger partial charge in [-0.25, -0.2) is 0 Å². The minimum atomic E-state index is -3.35. The van der Waals surface area contributed by atoms with Gasteiger partial charge in [-0.15, -0.1) is 11.6 Å². The second-order valence-electron chi connectivity index (χ2n) is 4.65. The molecule has 0 saturated carbocycles. The molecule has 0 aromatic heterocycles. The molecule has 0 fully saturated rings. The third-order valence-electron chi connectivity index (χ3n) is 2.86. The lowest BCUT2D eigenvalue weighted by Crippen LogP contribution is -2.06. The van der Waals surface area contributed by atoms with Crippen LogP contribution >= 0.6 is 18.3 Å². The fraction of sp³-hybridized carbons (Fsp3) is 0.143. The topological polar surface area (TPSA) is 114 Å². The van der Waals surface area contributed by atoms with Crippen LogP contribution in [0.25, 0.3) is 0 Å². The summed E-state index contributed by atoms with van der Waals surface area (Å²) < 4.78 is 16.6. The second kappa shape index (κ2) is 8.91. The lowest BCUT2D eigenvalue weighted by Gasteiger charge is -2.22. The van der Waals surface area contributed by atoms with Gasteiger partial charge >= 0.3 is 6.72 Å². The Morgan fingerprint density at radius 2 is 1.27 bits per heavy atom. The number of alkyl halides is 1. The summed E-state index contributed by atoms with van der Waals surface area (Å²) in [6.45, 7) is -3.29. The summed E-state index contributed by atoms with van der Waals surface area (Å²) in [4.78, 5) is 20.3. The van der Waals surface area contributed by atoms with Crippen molar-refractivity contribution in [3.8, 4) is 11.5 Å². The van der Waals surface area contributed by atoms with Crippen molar-refractivity contribution in [2.75, 3.05) is 12.5 Å². The number of hydrogen-bond acceptors (Lipinski definition) is 8. The summed E-state index contributed by atoms with van der Waals surface area (Å²) >= 11 is 10.9. The maximum atomic E-state index is 10.7. The van der Waals surface area contributed by atoms with Crippen LogP contribution in [0, 0.1) is 20.2 Å². The van der Waals surface area contributed by atoms with Gasteiger partial charge in [-0.05, 0) is 24.3 Å². The van der Waals surface area contributed by atoms with E-state index in [1.54, 1.807) is 0 Å². The van der Waals surface area contributed by atoms with Crippen LogP contribution in [-0.2, 0) is 16.3 Å². The zero-order valence-electron chi connectivity index (χ0n) is 13.0. The molecule has 2 rings (SSSR count). The van der Waals surface area contributed by atoms with Crippen LogP contribution in [0.3, 0.4) is 0 Å². The predicted molar refractivity (Wildman–Crippen MR) is 98.4 cm³/mol. The Labute approximate surface area is 158 Å². The van der Waals surface area contributed by atoms with Crippen LogP contribution in [0.4, 0.5) is 11.4 Å². The zero-order chi connectivity index (χ0) is 19.2. The van der Waals surface area contributed by atoms with Crippen LogP contribution in [0.5, 0.6) is 11.5 Å². The van der Waals surface area contributed by atoms with Gasteiger partial charge in [0.1, 0.15) is 11.5 Å². The van der Waals surface area contributed by atoms with E-state index in [9.17, 15) is 20.2 Å². The maximum absolute atomic E-state index is 10.7. The first-order valence-electron chi connectivity index (χ1n) is 7.01. The van der Waals surface area contributed by atoms with Crippen molar-refractivity contribution >= 4 is 41.5 Å². The molecule has 0 amide bonds. The molecule has 0 unspecified atom stereocenters. The molecule has 0 atom stereocenters. The van der Waals surface area contributed by atoms with E-state index in [1.807, 2.05) is 0 Å². The van der Waals surface area contributed by atoms with E-state index < -0.39 is 16.6 Å². The smallest absolute Gasteiger partial charge is 0.416 e. The lowest BCUT2D eigenvalue weighted by atomic mass is 10.3. The Balaban J connectivity index is 2.19. The van der Waals surface area contributed by atoms with E-state index in [1.165, 1.54) is 48.5 Å². The number of nitro benzene ring substituents is 2. The molecule has 2 aromatic rings. The molecule has 0 spiro atoms. The molecule has 26 heavy (non-hydrogen) atoms. The van der Waals surface area contributed by atoms with Gasteiger partial charge in [-0.3, -0.25) is 24.8 Å². The monoisotopic (exact) mass is 418 g/mol. The molecule has 12 heteroatoms. The van der Waals surface area contributed by atoms with Gasteiger partial charge in [0, 0.05) is 42.0 Å². The first-order chi connectivity index (χ1) is 12.3. The maximum Gasteiger partial charge on any atom is 0.434 e. The molecule has 0 heterocycles. The van der Waals surface area contributed by atoms with E-state index in [0.717, 1.165) is 0 Å². The van der Waals surface area contributed by atoms with Gasteiger partial charge in [0.05, 0.1) is 16.5 Å². The fourth-order valence-corrected chi connectivity index (χ4v) is 3.88. The zero-order valence-corrected chi connectivity index (χ0v) is 15.5. The van der Waals surface area contributed by atoms with Crippen molar-refractivity contribution in [1.82, 2.24) is 0 Å². The van der Waals surface area contributed by atoms with Crippen LogP contribution in [0.15, 0.2) is 48.5 Å². The lowest BCUT2D eigenvalue weighted by molar-refractivity contribution is -0.385. The molecule has 0 bridgehead atoms. The van der Waals surface area contributed by atoms with Crippen molar-refractivity contribution in [3.63, 3.8) is 0 Å². The minimum Gasteiger partial charge on any atom is -0.416 e. The Hall–Kier alpha value is -2.26. The quantitative estimate of drug-likeness (QED) is 0.254. The first kappa shape index (κ1) is 20.1. The fourth-order valence-electron chi connectivity index (χ4n) is 1.73. The Morgan fingerprint density at radius 3 is 1.58 bits per heavy atom. The van der Waals surface area contributed by atoms with E-state index in [-0.39, 0.29) is 35.4 Å². The molecule has 9 nitrogen and oxygen atoms in total. The molecule has 0 N–H and O–H groups in total. The van der Waals surface area contributed by atoms with Crippen molar-refractivity contribution in [2.45, 2.75) is 0 Å². The molecule has 0 aliphatic heterocycles. The summed E-state index contributed by atoms with van der Waals surface area (Å²) in [5.74, 6) is 0.580. The Morgan fingerprint density at radius 1 is 0.885 bits per heavy atom. The highest BCUT2D eigenvalue weighted by Crippen LogP contribution is 2.50. The van der Waals surface area contributed by atoms with E-state index >= 15 is 0 Å². The van der Waals surface area contributed by atoms with Crippen LogP contribution in [0.2, 0.25) is 0 Å². The number of rotatable bonds is 9. The van der Waals surface area contributed by atoms with E-state index in [2.05, 4.69) is 0 Å². The van der Waals surface area contributed by atoms with Gasteiger partial charge in [0.2, 0.25) is 0 Å². The Kier molecular flexibility index (Phi) is 6.87. The average Bonchev–Trinajstić information content (AvgIpc) is 2.61. The molecule has 138 valence electrons. The number of non-ortho nitro benzene ring substituents is 2.